The number of sulfonamides is 1. The summed E-state index contributed by atoms with van der Waals surface area (Å²) in [4.78, 5) is 7.34. The van der Waals surface area contributed by atoms with Crippen LogP contribution in [-0.2, 0) is 23.0 Å². The molecule has 2 heterocycles. The van der Waals surface area contributed by atoms with Gasteiger partial charge in [-0.3, -0.25) is 4.99 Å². The second-order valence-corrected chi connectivity index (χ2v) is 11.0. The molecule has 3 rings (SSSR count). The van der Waals surface area contributed by atoms with Crippen LogP contribution in [0.3, 0.4) is 0 Å². The Morgan fingerprint density at radius 3 is 2.57 bits per heavy atom. The smallest absolute Gasteiger partial charge is 0.243 e. The van der Waals surface area contributed by atoms with Crippen molar-refractivity contribution in [3.05, 3.63) is 51.7 Å². The van der Waals surface area contributed by atoms with E-state index in [1.165, 1.54) is 9.75 Å². The van der Waals surface area contributed by atoms with Gasteiger partial charge in [-0.1, -0.05) is 24.6 Å². The van der Waals surface area contributed by atoms with Crippen LogP contribution in [0.25, 0.3) is 0 Å². The summed E-state index contributed by atoms with van der Waals surface area (Å²) >= 11 is 1.81. The second-order valence-electron chi connectivity index (χ2n) is 7.76. The third-order valence-corrected chi connectivity index (χ3v) is 8.28. The molecule has 0 saturated carbocycles. The molecule has 0 amide bonds. The van der Waals surface area contributed by atoms with E-state index >= 15 is 0 Å². The molecule has 1 unspecified atom stereocenters. The number of guanidine groups is 1. The molecule has 6 nitrogen and oxygen atoms in total. The Balaban J connectivity index is 1.64. The molecule has 1 aromatic heterocycles. The van der Waals surface area contributed by atoms with Gasteiger partial charge in [0.25, 0.3) is 0 Å². The Hall–Kier alpha value is -1.90. The Bertz CT molecular complexity index is 963. The first-order valence-corrected chi connectivity index (χ1v) is 12.8. The van der Waals surface area contributed by atoms with Gasteiger partial charge in [-0.15, -0.1) is 11.3 Å². The summed E-state index contributed by atoms with van der Waals surface area (Å²) in [6.45, 7) is 5.84. The van der Waals surface area contributed by atoms with E-state index in [4.69, 9.17) is 0 Å². The molecule has 8 heteroatoms. The number of hydrogen-bond donors (Lipinski definition) is 2. The van der Waals surface area contributed by atoms with Gasteiger partial charge in [-0.05, 0) is 50.5 Å². The maximum absolute atomic E-state index is 13.2. The first kappa shape index (κ1) is 22.8. The molecule has 2 aromatic rings. The SMILES string of the molecule is CN=C(NCc1ccccc1S(=O)(=O)N1CCCCC1)NC(C)Cc1ccc(C)s1. The van der Waals surface area contributed by atoms with Gasteiger partial charge in [0.1, 0.15) is 0 Å². The van der Waals surface area contributed by atoms with E-state index in [9.17, 15) is 8.42 Å². The number of nitrogens with one attached hydrogen (secondary N) is 2. The molecule has 0 bridgehead atoms. The lowest BCUT2D eigenvalue weighted by molar-refractivity contribution is 0.346. The predicted molar refractivity (Wildman–Crippen MR) is 125 cm³/mol. The van der Waals surface area contributed by atoms with E-state index in [1.54, 1.807) is 23.5 Å². The normalized spacial score (nSPS) is 17.0. The number of aryl methyl sites for hydroxylation is 1. The molecule has 0 aliphatic carbocycles. The summed E-state index contributed by atoms with van der Waals surface area (Å²) in [5.74, 6) is 0.668. The summed E-state index contributed by atoms with van der Waals surface area (Å²) in [7, 11) is -1.74. The van der Waals surface area contributed by atoms with Gasteiger partial charge in [-0.2, -0.15) is 4.31 Å². The quantitative estimate of drug-likeness (QED) is 0.502. The number of rotatable bonds is 7. The van der Waals surface area contributed by atoms with Crippen molar-refractivity contribution in [1.29, 1.82) is 0 Å². The molecule has 1 fully saturated rings. The van der Waals surface area contributed by atoms with Crippen LogP contribution in [0.4, 0.5) is 0 Å². The Morgan fingerprint density at radius 2 is 1.90 bits per heavy atom. The van der Waals surface area contributed by atoms with Crippen LogP contribution in [0, 0.1) is 6.92 Å². The van der Waals surface area contributed by atoms with Gasteiger partial charge in [0.2, 0.25) is 10.0 Å². The van der Waals surface area contributed by atoms with Crippen molar-refractivity contribution in [3.8, 4) is 0 Å². The fraction of sp³-hybridized carbons (Fsp3) is 0.500. The largest absolute Gasteiger partial charge is 0.354 e. The zero-order valence-corrected chi connectivity index (χ0v) is 19.7. The fourth-order valence-electron chi connectivity index (χ4n) is 3.70. The summed E-state index contributed by atoms with van der Waals surface area (Å²) < 4.78 is 27.9. The highest BCUT2D eigenvalue weighted by atomic mass is 32.2. The lowest BCUT2D eigenvalue weighted by atomic mass is 10.2. The van der Waals surface area contributed by atoms with E-state index in [-0.39, 0.29) is 6.04 Å². The van der Waals surface area contributed by atoms with Gasteiger partial charge in [-0.25, -0.2) is 8.42 Å². The molecule has 1 aliphatic heterocycles. The molecule has 164 valence electrons. The lowest BCUT2D eigenvalue weighted by Crippen LogP contribution is -2.43. The van der Waals surface area contributed by atoms with Gasteiger partial charge < -0.3 is 10.6 Å². The van der Waals surface area contributed by atoms with Crippen molar-refractivity contribution in [1.82, 2.24) is 14.9 Å². The maximum Gasteiger partial charge on any atom is 0.243 e. The molecular weight excluding hydrogens is 416 g/mol. The average molecular weight is 449 g/mol. The molecule has 1 aliphatic rings. The minimum Gasteiger partial charge on any atom is -0.354 e. The number of hydrogen-bond acceptors (Lipinski definition) is 4. The van der Waals surface area contributed by atoms with Gasteiger partial charge >= 0.3 is 0 Å². The third-order valence-electron chi connectivity index (χ3n) is 5.26. The summed E-state index contributed by atoms with van der Waals surface area (Å²) in [5.41, 5.74) is 0.757. The lowest BCUT2D eigenvalue weighted by Gasteiger charge is -2.27. The average Bonchev–Trinajstić information content (AvgIpc) is 3.16. The van der Waals surface area contributed by atoms with Crippen LogP contribution in [0.15, 0.2) is 46.3 Å². The molecule has 1 atom stereocenters. The Kier molecular flexibility index (Phi) is 7.91. The van der Waals surface area contributed by atoms with Crippen LogP contribution >= 0.6 is 11.3 Å². The van der Waals surface area contributed by atoms with Gasteiger partial charge in [0.05, 0.1) is 4.90 Å². The predicted octanol–water partition coefficient (Wildman–Crippen LogP) is 3.53. The van der Waals surface area contributed by atoms with Gasteiger partial charge in [0.15, 0.2) is 5.96 Å². The highest BCUT2D eigenvalue weighted by molar-refractivity contribution is 7.89. The van der Waals surface area contributed by atoms with E-state index < -0.39 is 10.0 Å². The Labute approximate surface area is 184 Å². The molecule has 1 saturated heterocycles. The zero-order chi connectivity index (χ0) is 21.6. The van der Waals surface area contributed by atoms with E-state index in [1.807, 2.05) is 23.5 Å². The molecule has 1 aromatic carbocycles. The first-order chi connectivity index (χ1) is 14.4. The molecule has 0 spiro atoms. The topological polar surface area (TPSA) is 73.8 Å². The van der Waals surface area contributed by atoms with Crippen LogP contribution in [0.1, 0.15) is 41.5 Å². The number of benzene rings is 1. The first-order valence-electron chi connectivity index (χ1n) is 10.5. The van der Waals surface area contributed by atoms with Crippen molar-refractivity contribution in [2.24, 2.45) is 4.99 Å². The van der Waals surface area contributed by atoms with Crippen LogP contribution < -0.4 is 10.6 Å². The van der Waals surface area contributed by atoms with E-state index in [2.05, 4.69) is 41.6 Å². The van der Waals surface area contributed by atoms with Crippen molar-refractivity contribution in [2.45, 2.75) is 57.0 Å². The van der Waals surface area contributed by atoms with E-state index in [0.717, 1.165) is 31.2 Å². The standard InChI is InChI=1S/C22H32N4O2S2/c1-17(15-20-12-11-18(2)29-20)25-22(23-3)24-16-19-9-5-6-10-21(19)30(27,28)26-13-7-4-8-14-26/h5-6,9-12,17H,4,7-8,13-16H2,1-3H3,(H2,23,24,25). The number of nitrogens with zero attached hydrogens (tertiary/aromatic N) is 2. The monoisotopic (exact) mass is 448 g/mol. The minimum atomic E-state index is -3.47. The van der Waals surface area contributed by atoms with Crippen LogP contribution in [-0.4, -0.2) is 44.9 Å². The zero-order valence-electron chi connectivity index (χ0n) is 18.0. The molecule has 30 heavy (non-hydrogen) atoms. The maximum atomic E-state index is 13.2. The number of piperidine rings is 1. The second kappa shape index (κ2) is 10.4. The van der Waals surface area contributed by atoms with Crippen molar-refractivity contribution in [2.75, 3.05) is 20.1 Å². The van der Waals surface area contributed by atoms with E-state index in [0.29, 0.717) is 30.5 Å². The Morgan fingerprint density at radius 1 is 1.17 bits per heavy atom. The molecule has 0 radical (unpaired) electrons. The van der Waals surface area contributed by atoms with Crippen molar-refractivity contribution < 1.29 is 8.42 Å². The van der Waals surface area contributed by atoms with Crippen LogP contribution in [0.2, 0.25) is 0 Å². The number of aliphatic imine (C=N–C) groups is 1. The van der Waals surface area contributed by atoms with Crippen LogP contribution in [0.5, 0.6) is 0 Å². The van der Waals surface area contributed by atoms with Crippen molar-refractivity contribution >= 4 is 27.3 Å². The summed E-state index contributed by atoms with van der Waals surface area (Å²) in [6.07, 6.45) is 3.87. The summed E-state index contributed by atoms with van der Waals surface area (Å²) in [5, 5.41) is 6.68. The fourth-order valence-corrected chi connectivity index (χ4v) is 6.46. The highest BCUT2D eigenvalue weighted by Crippen LogP contribution is 2.23. The number of thiophene rings is 1. The minimum absolute atomic E-state index is 0.210. The van der Waals surface area contributed by atoms with Gasteiger partial charge in [0, 0.05) is 48.9 Å². The van der Waals surface area contributed by atoms with Crippen molar-refractivity contribution in [3.63, 3.8) is 0 Å². The third kappa shape index (κ3) is 5.83. The molecular formula is C22H32N4O2S2. The highest BCUT2D eigenvalue weighted by Gasteiger charge is 2.27. The summed E-state index contributed by atoms with van der Waals surface area (Å²) in [6, 6.07) is 11.8. The molecule has 2 N–H and O–H groups in total.